The molecule has 0 saturated carbocycles. The third-order valence-electron chi connectivity index (χ3n) is 1.82. The first kappa shape index (κ1) is 9.68. The molecule has 0 spiro atoms. The van der Waals surface area contributed by atoms with E-state index in [4.69, 9.17) is 17.3 Å². The first-order valence-corrected chi connectivity index (χ1v) is 4.96. The highest BCUT2D eigenvalue weighted by atomic mass is 79.9. The molecule has 0 fully saturated rings. The molecule has 0 aliphatic rings. The number of halogens is 3. The molecule has 0 amide bonds. The Morgan fingerprint density at radius 2 is 2.07 bits per heavy atom. The highest BCUT2D eigenvalue weighted by Gasteiger charge is 2.07. The Labute approximate surface area is 93.0 Å². The normalized spacial score (nSPS) is 10.8. The van der Waals surface area contributed by atoms with E-state index in [1.807, 2.05) is 0 Å². The number of nitrogen functional groups attached to an aromatic ring is 1. The van der Waals surface area contributed by atoms with Gasteiger partial charge < -0.3 is 5.73 Å². The van der Waals surface area contributed by atoms with Gasteiger partial charge in [-0.05, 0) is 34.1 Å². The fourth-order valence-corrected chi connectivity index (χ4v) is 1.79. The highest BCUT2D eigenvalue weighted by molar-refractivity contribution is 9.10. The number of hydrogen-bond acceptors (Lipinski definition) is 2. The van der Waals surface area contributed by atoms with E-state index in [1.54, 1.807) is 6.07 Å². The van der Waals surface area contributed by atoms with Crippen molar-refractivity contribution >= 4 is 44.3 Å². The summed E-state index contributed by atoms with van der Waals surface area (Å²) >= 11 is 8.95. The van der Waals surface area contributed by atoms with Gasteiger partial charge in [0, 0.05) is 5.39 Å². The zero-order chi connectivity index (χ0) is 10.3. The maximum atomic E-state index is 13.2. The van der Waals surface area contributed by atoms with Gasteiger partial charge in [0.25, 0.3) is 0 Å². The molecular weight excluding hydrogens is 270 g/mol. The molecule has 2 rings (SSSR count). The molecule has 0 radical (unpaired) electrons. The highest BCUT2D eigenvalue weighted by Crippen LogP contribution is 2.28. The third-order valence-corrected chi connectivity index (χ3v) is 2.74. The predicted octanol–water partition coefficient (Wildman–Crippen LogP) is 3.37. The molecule has 0 aliphatic carbocycles. The van der Waals surface area contributed by atoms with Crippen LogP contribution in [0.5, 0.6) is 0 Å². The molecule has 0 atom stereocenters. The summed E-state index contributed by atoms with van der Waals surface area (Å²) < 4.78 is 13.5. The quantitative estimate of drug-likeness (QED) is 0.800. The molecule has 0 unspecified atom stereocenters. The molecule has 72 valence electrons. The Hall–Kier alpha value is -0.870. The smallest absolute Gasteiger partial charge is 0.138 e. The van der Waals surface area contributed by atoms with E-state index in [0.717, 1.165) is 0 Å². The van der Waals surface area contributed by atoms with Gasteiger partial charge in [-0.1, -0.05) is 11.6 Å². The molecule has 2 nitrogen and oxygen atoms in total. The van der Waals surface area contributed by atoms with Crippen molar-refractivity contribution in [2.45, 2.75) is 0 Å². The van der Waals surface area contributed by atoms with Gasteiger partial charge in [0.1, 0.15) is 11.6 Å². The van der Waals surface area contributed by atoms with Gasteiger partial charge >= 0.3 is 0 Å². The van der Waals surface area contributed by atoms with Crippen LogP contribution in [0.1, 0.15) is 0 Å². The standard InChI is InChI=1S/C9H5BrClFN2/c10-5-2-8-4(1-7(5)12)6(11)3-9(13)14-8/h1-3H,(H2,13,14). The fourth-order valence-electron chi connectivity index (χ4n) is 1.20. The van der Waals surface area contributed by atoms with E-state index < -0.39 is 0 Å². The minimum atomic E-state index is -0.369. The van der Waals surface area contributed by atoms with Crippen molar-refractivity contribution < 1.29 is 4.39 Å². The Morgan fingerprint density at radius 3 is 2.79 bits per heavy atom. The maximum absolute atomic E-state index is 13.2. The molecule has 0 aliphatic heterocycles. The van der Waals surface area contributed by atoms with E-state index in [2.05, 4.69) is 20.9 Å². The van der Waals surface area contributed by atoms with Crippen molar-refractivity contribution in [1.82, 2.24) is 4.98 Å². The molecule has 1 aromatic heterocycles. The van der Waals surface area contributed by atoms with E-state index >= 15 is 0 Å². The summed E-state index contributed by atoms with van der Waals surface area (Å²) in [5, 5.41) is 0.959. The topological polar surface area (TPSA) is 38.9 Å². The molecule has 14 heavy (non-hydrogen) atoms. The Bertz CT molecular complexity index is 516. The number of benzene rings is 1. The molecule has 0 bridgehead atoms. The second-order valence-corrected chi connectivity index (χ2v) is 4.07. The molecular formula is C9H5BrClFN2. The second kappa shape index (κ2) is 3.37. The summed E-state index contributed by atoms with van der Waals surface area (Å²) in [4.78, 5) is 4.04. The van der Waals surface area contributed by atoms with Gasteiger partial charge in [-0.25, -0.2) is 9.37 Å². The number of hydrogen-bond donors (Lipinski definition) is 1. The number of pyridine rings is 1. The average Bonchev–Trinajstić information content (AvgIpc) is 2.08. The van der Waals surface area contributed by atoms with Crippen LogP contribution in [0.4, 0.5) is 10.2 Å². The van der Waals surface area contributed by atoms with Gasteiger partial charge in [-0.3, -0.25) is 0 Å². The lowest BCUT2D eigenvalue weighted by Crippen LogP contribution is -1.91. The van der Waals surface area contributed by atoms with Crippen molar-refractivity contribution in [2.24, 2.45) is 0 Å². The molecule has 2 aromatic rings. The lowest BCUT2D eigenvalue weighted by atomic mass is 10.2. The van der Waals surface area contributed by atoms with E-state index in [1.165, 1.54) is 12.1 Å². The van der Waals surface area contributed by atoms with Gasteiger partial charge in [-0.15, -0.1) is 0 Å². The van der Waals surface area contributed by atoms with E-state index in [9.17, 15) is 4.39 Å². The van der Waals surface area contributed by atoms with Crippen LogP contribution < -0.4 is 5.73 Å². The largest absolute Gasteiger partial charge is 0.384 e. The summed E-state index contributed by atoms with van der Waals surface area (Å²) in [6, 6.07) is 4.37. The zero-order valence-electron chi connectivity index (χ0n) is 6.89. The number of rotatable bonds is 0. The van der Waals surface area contributed by atoms with Crippen LogP contribution in [0.25, 0.3) is 10.9 Å². The lowest BCUT2D eigenvalue weighted by molar-refractivity contribution is 0.623. The lowest BCUT2D eigenvalue weighted by Gasteiger charge is -2.03. The van der Waals surface area contributed by atoms with Gasteiger partial charge in [0.2, 0.25) is 0 Å². The first-order valence-electron chi connectivity index (χ1n) is 3.78. The summed E-state index contributed by atoms with van der Waals surface area (Å²) in [5.74, 6) is -0.0491. The van der Waals surface area contributed by atoms with Crippen LogP contribution in [-0.4, -0.2) is 4.98 Å². The number of anilines is 1. The summed E-state index contributed by atoms with van der Waals surface area (Å²) in [6.45, 7) is 0. The third kappa shape index (κ3) is 1.55. The van der Waals surface area contributed by atoms with Crippen LogP contribution in [0.2, 0.25) is 5.02 Å². The maximum Gasteiger partial charge on any atom is 0.138 e. The Morgan fingerprint density at radius 1 is 1.36 bits per heavy atom. The van der Waals surface area contributed by atoms with Crippen molar-refractivity contribution in [3.05, 3.63) is 33.5 Å². The van der Waals surface area contributed by atoms with Crippen molar-refractivity contribution in [3.8, 4) is 0 Å². The van der Waals surface area contributed by atoms with E-state index in [0.29, 0.717) is 26.2 Å². The first-order chi connectivity index (χ1) is 6.58. The van der Waals surface area contributed by atoms with Gasteiger partial charge in [-0.2, -0.15) is 0 Å². The van der Waals surface area contributed by atoms with Crippen LogP contribution in [0.15, 0.2) is 22.7 Å². The summed E-state index contributed by atoms with van der Waals surface area (Å²) in [6.07, 6.45) is 0. The molecule has 0 saturated heterocycles. The predicted molar refractivity (Wildman–Crippen MR) is 58.8 cm³/mol. The summed E-state index contributed by atoms with van der Waals surface area (Å²) in [5.41, 5.74) is 6.08. The Kier molecular flexibility index (Phi) is 2.33. The van der Waals surface area contributed by atoms with Gasteiger partial charge in [0.15, 0.2) is 0 Å². The van der Waals surface area contributed by atoms with Crippen LogP contribution in [0, 0.1) is 5.82 Å². The van der Waals surface area contributed by atoms with Gasteiger partial charge in [0.05, 0.1) is 15.0 Å². The fraction of sp³-hybridized carbons (Fsp3) is 0. The molecule has 5 heteroatoms. The molecule has 1 heterocycles. The number of aromatic nitrogens is 1. The zero-order valence-corrected chi connectivity index (χ0v) is 9.23. The van der Waals surface area contributed by atoms with Crippen LogP contribution >= 0.6 is 27.5 Å². The monoisotopic (exact) mass is 274 g/mol. The van der Waals surface area contributed by atoms with Crippen molar-refractivity contribution in [1.29, 1.82) is 0 Å². The number of nitrogens with zero attached hydrogens (tertiary/aromatic N) is 1. The molecule has 1 aromatic carbocycles. The van der Waals surface area contributed by atoms with Crippen molar-refractivity contribution in [3.63, 3.8) is 0 Å². The minimum absolute atomic E-state index is 0.320. The molecule has 2 N–H and O–H groups in total. The second-order valence-electron chi connectivity index (χ2n) is 2.81. The van der Waals surface area contributed by atoms with Crippen LogP contribution in [0.3, 0.4) is 0 Å². The van der Waals surface area contributed by atoms with E-state index in [-0.39, 0.29) is 5.82 Å². The van der Waals surface area contributed by atoms with Crippen molar-refractivity contribution in [2.75, 3.05) is 5.73 Å². The SMILES string of the molecule is Nc1cc(Cl)c2cc(F)c(Br)cc2n1. The number of nitrogens with two attached hydrogens (primary N) is 1. The average molecular weight is 276 g/mol. The minimum Gasteiger partial charge on any atom is -0.384 e. The summed E-state index contributed by atoms with van der Waals surface area (Å²) in [7, 11) is 0. The van der Waals surface area contributed by atoms with Crippen LogP contribution in [-0.2, 0) is 0 Å². The number of fused-ring (bicyclic) bond motifs is 1. The Balaban J connectivity index is 2.89.